The van der Waals surface area contributed by atoms with E-state index in [-0.39, 0.29) is 5.91 Å². The van der Waals surface area contributed by atoms with Gasteiger partial charge in [-0.05, 0) is 49.7 Å². The summed E-state index contributed by atoms with van der Waals surface area (Å²) in [7, 11) is 0. The molecule has 3 nitrogen and oxygen atoms in total. The van der Waals surface area contributed by atoms with Gasteiger partial charge in [-0.2, -0.15) is 0 Å². The molecule has 2 rings (SSSR count). The molecule has 0 fully saturated rings. The van der Waals surface area contributed by atoms with Crippen molar-refractivity contribution < 1.29 is 9.53 Å². The summed E-state index contributed by atoms with van der Waals surface area (Å²) in [5, 5.41) is 2.87. The van der Waals surface area contributed by atoms with E-state index in [1.807, 2.05) is 50.2 Å². The maximum Gasteiger partial charge on any atom is 0.230 e. The third-order valence-electron chi connectivity index (χ3n) is 3.21. The predicted molar refractivity (Wildman–Crippen MR) is 99.3 cm³/mol. The Morgan fingerprint density at radius 3 is 2.61 bits per heavy atom. The highest BCUT2D eigenvalue weighted by atomic mass is 79.9. The molecule has 0 unspecified atom stereocenters. The van der Waals surface area contributed by atoms with Crippen LogP contribution in [0, 0.1) is 13.8 Å². The fourth-order valence-electron chi connectivity index (χ4n) is 1.96. The summed E-state index contributed by atoms with van der Waals surface area (Å²) in [6.45, 7) is 5.05. The van der Waals surface area contributed by atoms with E-state index in [4.69, 9.17) is 4.74 Å². The summed E-state index contributed by atoms with van der Waals surface area (Å²) in [5.74, 6) is 1.25. The van der Waals surface area contributed by atoms with Crippen LogP contribution in [0.15, 0.2) is 51.8 Å². The van der Waals surface area contributed by atoms with Crippen molar-refractivity contribution in [1.29, 1.82) is 0 Å². The molecular formula is C18H20BrNO2S. The highest BCUT2D eigenvalue weighted by Crippen LogP contribution is 2.25. The zero-order chi connectivity index (χ0) is 16.7. The number of hydrogen-bond acceptors (Lipinski definition) is 3. The van der Waals surface area contributed by atoms with Crippen molar-refractivity contribution in [2.75, 3.05) is 18.9 Å². The number of ether oxygens (including phenoxy) is 1. The van der Waals surface area contributed by atoms with E-state index in [1.165, 1.54) is 11.1 Å². The van der Waals surface area contributed by atoms with Crippen LogP contribution in [0.25, 0.3) is 0 Å². The largest absolute Gasteiger partial charge is 0.492 e. The van der Waals surface area contributed by atoms with Crippen LogP contribution in [0.3, 0.4) is 0 Å². The first kappa shape index (κ1) is 17.9. The van der Waals surface area contributed by atoms with Crippen molar-refractivity contribution >= 4 is 33.6 Å². The summed E-state index contributed by atoms with van der Waals surface area (Å²) in [5.41, 5.74) is 2.37. The molecule has 0 aromatic heterocycles. The van der Waals surface area contributed by atoms with Crippen molar-refractivity contribution in [3.05, 3.63) is 58.1 Å². The van der Waals surface area contributed by atoms with Crippen LogP contribution in [-0.4, -0.2) is 24.8 Å². The monoisotopic (exact) mass is 393 g/mol. The zero-order valence-corrected chi connectivity index (χ0v) is 15.7. The molecule has 0 aliphatic heterocycles. The van der Waals surface area contributed by atoms with Gasteiger partial charge in [0.2, 0.25) is 5.91 Å². The third kappa shape index (κ3) is 6.28. The maximum absolute atomic E-state index is 11.9. The van der Waals surface area contributed by atoms with Gasteiger partial charge in [0, 0.05) is 9.37 Å². The van der Waals surface area contributed by atoms with Crippen LogP contribution in [-0.2, 0) is 4.79 Å². The first-order valence-electron chi connectivity index (χ1n) is 7.40. The summed E-state index contributed by atoms with van der Waals surface area (Å²) < 4.78 is 6.63. The maximum atomic E-state index is 11.9. The van der Waals surface area contributed by atoms with Crippen molar-refractivity contribution in [3.8, 4) is 5.75 Å². The topological polar surface area (TPSA) is 38.3 Å². The lowest BCUT2D eigenvalue weighted by Gasteiger charge is -2.09. The van der Waals surface area contributed by atoms with Gasteiger partial charge >= 0.3 is 0 Å². The Morgan fingerprint density at radius 1 is 1.17 bits per heavy atom. The predicted octanol–water partition coefficient (Wildman–Crippen LogP) is 4.35. The quantitative estimate of drug-likeness (QED) is 0.561. The second-order valence-electron chi connectivity index (χ2n) is 5.21. The first-order valence-corrected chi connectivity index (χ1v) is 9.17. The molecule has 122 valence electrons. The van der Waals surface area contributed by atoms with Crippen molar-refractivity contribution in [3.63, 3.8) is 0 Å². The highest BCUT2D eigenvalue weighted by Gasteiger charge is 2.05. The van der Waals surface area contributed by atoms with Gasteiger partial charge in [0.25, 0.3) is 0 Å². The van der Waals surface area contributed by atoms with Gasteiger partial charge in [0.05, 0.1) is 12.3 Å². The lowest BCUT2D eigenvalue weighted by Crippen LogP contribution is -2.29. The zero-order valence-electron chi connectivity index (χ0n) is 13.3. The molecule has 0 spiro atoms. The Kier molecular flexibility index (Phi) is 6.99. The standard InChI is InChI=1S/C18H20BrNO2S/c1-13-3-6-16(7-4-13)22-10-9-20-18(21)12-23-17-8-5-15(19)11-14(17)2/h3-8,11H,9-10,12H2,1-2H3,(H,20,21). The third-order valence-corrected chi connectivity index (χ3v) is 4.88. The number of hydrogen-bond donors (Lipinski definition) is 1. The summed E-state index contributed by atoms with van der Waals surface area (Å²) in [6.07, 6.45) is 0. The van der Waals surface area contributed by atoms with Gasteiger partial charge < -0.3 is 10.1 Å². The number of carbonyl (C=O) groups is 1. The SMILES string of the molecule is Cc1ccc(OCCNC(=O)CSc2ccc(Br)cc2C)cc1. The number of carbonyl (C=O) groups excluding carboxylic acids is 1. The molecule has 2 aromatic carbocycles. The second kappa shape index (κ2) is 8.99. The van der Waals surface area contributed by atoms with Gasteiger partial charge in [0.1, 0.15) is 12.4 Å². The fraction of sp³-hybridized carbons (Fsp3) is 0.278. The van der Waals surface area contributed by atoms with E-state index in [0.29, 0.717) is 18.9 Å². The molecule has 0 radical (unpaired) electrons. The lowest BCUT2D eigenvalue weighted by molar-refractivity contribution is -0.118. The van der Waals surface area contributed by atoms with Crippen LogP contribution < -0.4 is 10.1 Å². The number of benzene rings is 2. The van der Waals surface area contributed by atoms with E-state index < -0.39 is 0 Å². The number of nitrogens with one attached hydrogen (secondary N) is 1. The number of rotatable bonds is 7. The molecule has 2 aromatic rings. The summed E-state index contributed by atoms with van der Waals surface area (Å²) in [6, 6.07) is 13.9. The average Bonchev–Trinajstić information content (AvgIpc) is 2.52. The molecule has 0 saturated carbocycles. The molecule has 0 saturated heterocycles. The van der Waals surface area contributed by atoms with Crippen molar-refractivity contribution in [2.45, 2.75) is 18.7 Å². The number of thioether (sulfide) groups is 1. The summed E-state index contributed by atoms with van der Waals surface area (Å²) >= 11 is 4.99. The molecule has 1 N–H and O–H groups in total. The van der Waals surface area contributed by atoms with Gasteiger partial charge in [-0.25, -0.2) is 0 Å². The Morgan fingerprint density at radius 2 is 1.91 bits per heavy atom. The Balaban J connectivity index is 1.66. The van der Waals surface area contributed by atoms with E-state index in [0.717, 1.165) is 15.1 Å². The minimum absolute atomic E-state index is 0.0184. The molecule has 0 heterocycles. The van der Waals surface area contributed by atoms with Gasteiger partial charge in [0.15, 0.2) is 0 Å². The molecule has 23 heavy (non-hydrogen) atoms. The first-order chi connectivity index (χ1) is 11.0. The van der Waals surface area contributed by atoms with E-state index in [1.54, 1.807) is 11.8 Å². The molecule has 1 amide bonds. The van der Waals surface area contributed by atoms with Gasteiger partial charge in [-0.15, -0.1) is 11.8 Å². The van der Waals surface area contributed by atoms with Crippen LogP contribution in [0.5, 0.6) is 5.75 Å². The van der Waals surface area contributed by atoms with Crippen LogP contribution in [0.4, 0.5) is 0 Å². The average molecular weight is 394 g/mol. The minimum Gasteiger partial charge on any atom is -0.492 e. The molecule has 0 aliphatic rings. The Labute approximate surface area is 149 Å². The smallest absolute Gasteiger partial charge is 0.230 e. The fourth-order valence-corrected chi connectivity index (χ4v) is 3.28. The van der Waals surface area contributed by atoms with Gasteiger partial charge in [-0.3, -0.25) is 4.79 Å². The number of aryl methyl sites for hydroxylation is 2. The van der Waals surface area contributed by atoms with E-state index in [2.05, 4.69) is 27.3 Å². The van der Waals surface area contributed by atoms with Crippen LogP contribution >= 0.6 is 27.7 Å². The minimum atomic E-state index is 0.0184. The summed E-state index contributed by atoms with van der Waals surface area (Å²) in [4.78, 5) is 13.0. The van der Waals surface area contributed by atoms with E-state index >= 15 is 0 Å². The molecule has 0 bridgehead atoms. The number of amides is 1. The van der Waals surface area contributed by atoms with E-state index in [9.17, 15) is 4.79 Å². The second-order valence-corrected chi connectivity index (χ2v) is 7.14. The lowest BCUT2D eigenvalue weighted by atomic mass is 10.2. The Hall–Kier alpha value is -1.46. The van der Waals surface area contributed by atoms with Crippen LogP contribution in [0.2, 0.25) is 0 Å². The normalized spacial score (nSPS) is 10.4. The molecule has 5 heteroatoms. The van der Waals surface area contributed by atoms with Crippen molar-refractivity contribution in [2.24, 2.45) is 0 Å². The number of halogens is 1. The molecular weight excluding hydrogens is 374 g/mol. The molecule has 0 aliphatic carbocycles. The van der Waals surface area contributed by atoms with Crippen LogP contribution in [0.1, 0.15) is 11.1 Å². The van der Waals surface area contributed by atoms with Gasteiger partial charge in [-0.1, -0.05) is 33.6 Å². The highest BCUT2D eigenvalue weighted by molar-refractivity contribution is 9.10. The Bertz CT molecular complexity index is 659. The molecule has 0 atom stereocenters. The van der Waals surface area contributed by atoms with Crippen molar-refractivity contribution in [1.82, 2.24) is 5.32 Å².